The molecule has 0 amide bonds. The van der Waals surface area contributed by atoms with Gasteiger partial charge in [0, 0.05) is 24.9 Å². The van der Waals surface area contributed by atoms with Gasteiger partial charge in [-0.15, -0.1) is 0 Å². The van der Waals surface area contributed by atoms with Crippen LogP contribution < -0.4 is 10.1 Å². The minimum atomic E-state index is 0.593. The lowest BCUT2D eigenvalue weighted by Crippen LogP contribution is -2.13. The highest BCUT2D eigenvalue weighted by Crippen LogP contribution is 2.11. The number of ether oxygens (including phenoxy) is 2. The summed E-state index contributed by atoms with van der Waals surface area (Å²) >= 11 is 0. The lowest BCUT2D eigenvalue weighted by atomic mass is 10.1. The molecule has 1 heterocycles. The molecule has 5 heteroatoms. The highest BCUT2D eigenvalue weighted by molar-refractivity contribution is 5.30. The van der Waals surface area contributed by atoms with Gasteiger partial charge in [0.15, 0.2) is 0 Å². The van der Waals surface area contributed by atoms with E-state index in [2.05, 4.69) is 29.1 Å². The summed E-state index contributed by atoms with van der Waals surface area (Å²) in [5, 5.41) is 3.15. The van der Waals surface area contributed by atoms with Crippen LogP contribution in [0.2, 0.25) is 0 Å². The van der Waals surface area contributed by atoms with Gasteiger partial charge in [0.2, 0.25) is 11.8 Å². The van der Waals surface area contributed by atoms with Crippen LogP contribution in [-0.4, -0.2) is 36.3 Å². The Hall–Kier alpha value is -1.36. The smallest absolute Gasteiger partial charge is 0.226 e. The van der Waals surface area contributed by atoms with Gasteiger partial charge < -0.3 is 14.8 Å². The van der Waals surface area contributed by atoms with E-state index in [9.17, 15) is 0 Å². The van der Waals surface area contributed by atoms with E-state index in [0.29, 0.717) is 37.5 Å². The molecule has 0 spiro atoms. The van der Waals surface area contributed by atoms with Crippen molar-refractivity contribution in [3.05, 3.63) is 11.8 Å². The summed E-state index contributed by atoms with van der Waals surface area (Å²) in [6.45, 7) is 11.0. The Morgan fingerprint density at radius 2 is 2.05 bits per heavy atom. The van der Waals surface area contributed by atoms with Gasteiger partial charge in [-0.2, -0.15) is 4.98 Å². The first-order valence-electron chi connectivity index (χ1n) is 6.92. The molecular weight excluding hydrogens is 242 g/mol. The van der Waals surface area contributed by atoms with Gasteiger partial charge in [-0.3, -0.25) is 0 Å². The monoisotopic (exact) mass is 267 g/mol. The fourth-order valence-electron chi connectivity index (χ4n) is 1.50. The van der Waals surface area contributed by atoms with Crippen LogP contribution in [0.3, 0.4) is 0 Å². The third-order valence-corrected chi connectivity index (χ3v) is 2.49. The van der Waals surface area contributed by atoms with Crippen LogP contribution in [-0.2, 0) is 4.74 Å². The average Bonchev–Trinajstić information content (AvgIpc) is 2.33. The topological polar surface area (TPSA) is 56.3 Å². The summed E-state index contributed by atoms with van der Waals surface area (Å²) in [5.41, 5.74) is 0.890. The van der Waals surface area contributed by atoms with E-state index in [0.717, 1.165) is 18.7 Å². The summed E-state index contributed by atoms with van der Waals surface area (Å²) in [4.78, 5) is 8.57. The third-order valence-electron chi connectivity index (χ3n) is 2.49. The van der Waals surface area contributed by atoms with Crippen LogP contribution in [0.4, 0.5) is 5.95 Å². The molecular formula is C14H25N3O2. The van der Waals surface area contributed by atoms with Gasteiger partial charge in [0.1, 0.15) is 0 Å². The molecule has 0 saturated heterocycles. The second kappa shape index (κ2) is 8.69. The quantitative estimate of drug-likeness (QED) is 0.697. The van der Waals surface area contributed by atoms with Crippen LogP contribution in [0.5, 0.6) is 5.88 Å². The van der Waals surface area contributed by atoms with Crippen molar-refractivity contribution >= 4 is 5.95 Å². The number of nitrogens with zero attached hydrogens (tertiary/aromatic N) is 2. The molecule has 1 rings (SSSR count). The molecule has 0 aliphatic rings. The van der Waals surface area contributed by atoms with E-state index in [1.54, 1.807) is 0 Å². The van der Waals surface area contributed by atoms with Gasteiger partial charge in [0.05, 0.1) is 13.2 Å². The Bertz CT molecular complexity index is 370. The molecule has 5 nitrogen and oxygen atoms in total. The molecule has 1 N–H and O–H groups in total. The minimum absolute atomic E-state index is 0.593. The molecule has 0 radical (unpaired) electrons. The summed E-state index contributed by atoms with van der Waals surface area (Å²) in [6, 6.07) is 1.83. The van der Waals surface area contributed by atoms with Gasteiger partial charge in [-0.05, 0) is 26.2 Å². The Labute approximate surface area is 115 Å². The normalized spacial score (nSPS) is 10.8. The van der Waals surface area contributed by atoms with Crippen molar-refractivity contribution in [2.45, 2.75) is 34.1 Å². The predicted molar refractivity (Wildman–Crippen MR) is 76.7 cm³/mol. The Kier molecular flexibility index (Phi) is 7.18. The number of nitrogens with one attached hydrogen (secondary N) is 1. The summed E-state index contributed by atoms with van der Waals surface area (Å²) in [6.07, 6.45) is 1.09. The van der Waals surface area contributed by atoms with E-state index >= 15 is 0 Å². The van der Waals surface area contributed by atoms with Crippen molar-refractivity contribution in [1.29, 1.82) is 0 Å². The number of aromatic nitrogens is 2. The predicted octanol–water partition coefficient (Wildman–Crippen LogP) is 2.66. The van der Waals surface area contributed by atoms with Crippen LogP contribution in [0.25, 0.3) is 0 Å². The molecule has 0 saturated carbocycles. The molecule has 0 aliphatic heterocycles. The van der Waals surface area contributed by atoms with Gasteiger partial charge in [-0.25, -0.2) is 4.98 Å². The average molecular weight is 267 g/mol. The second-order valence-corrected chi connectivity index (χ2v) is 4.83. The highest BCUT2D eigenvalue weighted by atomic mass is 16.5. The zero-order chi connectivity index (χ0) is 14.1. The number of rotatable bonds is 9. The van der Waals surface area contributed by atoms with Gasteiger partial charge in [-0.1, -0.05) is 13.8 Å². The summed E-state index contributed by atoms with van der Waals surface area (Å²) < 4.78 is 10.9. The fourth-order valence-corrected chi connectivity index (χ4v) is 1.50. The highest BCUT2D eigenvalue weighted by Gasteiger charge is 2.02. The molecule has 0 aliphatic carbocycles. The van der Waals surface area contributed by atoms with Crippen LogP contribution in [0, 0.1) is 12.8 Å². The molecule has 0 atom stereocenters. The van der Waals surface area contributed by atoms with E-state index < -0.39 is 0 Å². The number of aryl methyl sites for hydroxylation is 1. The standard InChI is InChI=1S/C14H25N3O2/c1-5-19-13-10-12(4)16-14(17-13)15-7-9-18-8-6-11(2)3/h10-11H,5-9H2,1-4H3,(H,15,16,17). The maximum atomic E-state index is 5.52. The molecule has 0 aromatic carbocycles. The lowest BCUT2D eigenvalue weighted by Gasteiger charge is -2.09. The van der Waals surface area contributed by atoms with Crippen LogP contribution in [0.1, 0.15) is 32.9 Å². The Balaban J connectivity index is 2.28. The Morgan fingerprint density at radius 3 is 2.74 bits per heavy atom. The molecule has 1 aromatic rings. The lowest BCUT2D eigenvalue weighted by molar-refractivity contribution is 0.132. The van der Waals surface area contributed by atoms with Crippen molar-refractivity contribution in [2.75, 3.05) is 31.7 Å². The first kappa shape index (κ1) is 15.7. The summed E-state index contributed by atoms with van der Waals surface area (Å²) in [7, 11) is 0. The van der Waals surface area contributed by atoms with E-state index in [4.69, 9.17) is 9.47 Å². The van der Waals surface area contributed by atoms with E-state index in [1.807, 2.05) is 19.9 Å². The number of hydrogen-bond acceptors (Lipinski definition) is 5. The number of anilines is 1. The van der Waals surface area contributed by atoms with Crippen molar-refractivity contribution < 1.29 is 9.47 Å². The number of hydrogen-bond donors (Lipinski definition) is 1. The maximum absolute atomic E-state index is 5.52. The summed E-state index contributed by atoms with van der Waals surface area (Å²) in [5.74, 6) is 1.89. The zero-order valence-electron chi connectivity index (χ0n) is 12.4. The molecule has 19 heavy (non-hydrogen) atoms. The molecule has 0 bridgehead atoms. The van der Waals surface area contributed by atoms with E-state index in [-0.39, 0.29) is 0 Å². The fraction of sp³-hybridized carbons (Fsp3) is 0.714. The zero-order valence-corrected chi connectivity index (χ0v) is 12.4. The SMILES string of the molecule is CCOc1cc(C)nc(NCCOCCC(C)C)n1. The second-order valence-electron chi connectivity index (χ2n) is 4.83. The van der Waals surface area contributed by atoms with Crippen LogP contribution >= 0.6 is 0 Å². The largest absolute Gasteiger partial charge is 0.478 e. The van der Waals surface area contributed by atoms with Gasteiger partial charge in [0.25, 0.3) is 0 Å². The van der Waals surface area contributed by atoms with Crippen molar-refractivity contribution in [3.63, 3.8) is 0 Å². The van der Waals surface area contributed by atoms with Crippen molar-refractivity contribution in [1.82, 2.24) is 9.97 Å². The van der Waals surface area contributed by atoms with Crippen molar-refractivity contribution in [2.24, 2.45) is 5.92 Å². The minimum Gasteiger partial charge on any atom is -0.478 e. The van der Waals surface area contributed by atoms with E-state index in [1.165, 1.54) is 0 Å². The van der Waals surface area contributed by atoms with Crippen LogP contribution in [0.15, 0.2) is 6.07 Å². The third kappa shape index (κ3) is 6.96. The molecule has 0 unspecified atom stereocenters. The van der Waals surface area contributed by atoms with Crippen molar-refractivity contribution in [3.8, 4) is 5.88 Å². The molecule has 108 valence electrons. The molecule has 0 fully saturated rings. The first-order chi connectivity index (χ1) is 9.11. The maximum Gasteiger partial charge on any atom is 0.226 e. The Morgan fingerprint density at radius 1 is 1.26 bits per heavy atom. The first-order valence-corrected chi connectivity index (χ1v) is 6.92. The van der Waals surface area contributed by atoms with Gasteiger partial charge >= 0.3 is 0 Å². The molecule has 1 aromatic heterocycles.